The van der Waals surface area contributed by atoms with Crippen LogP contribution < -0.4 is 15.4 Å². The molecule has 0 bridgehead atoms. The molecule has 0 amide bonds. The molecule has 3 rings (SSSR count). The zero-order valence-electron chi connectivity index (χ0n) is 18.5. The Labute approximate surface area is 184 Å². The first kappa shape index (κ1) is 22.6. The first-order chi connectivity index (χ1) is 14.7. The van der Waals surface area contributed by atoms with Crippen LogP contribution in [0.25, 0.3) is 0 Å². The van der Waals surface area contributed by atoms with E-state index < -0.39 is 0 Å². The van der Waals surface area contributed by atoms with E-state index >= 15 is 0 Å². The van der Waals surface area contributed by atoms with Crippen molar-refractivity contribution < 1.29 is 4.74 Å². The van der Waals surface area contributed by atoms with Crippen molar-refractivity contribution in [2.24, 2.45) is 4.99 Å². The molecular weight excluding hydrogens is 394 g/mol. The van der Waals surface area contributed by atoms with Gasteiger partial charge in [0.25, 0.3) is 0 Å². The Kier molecular flexibility index (Phi) is 8.96. The number of aromatic nitrogens is 1. The Morgan fingerprint density at radius 3 is 2.73 bits per heavy atom. The van der Waals surface area contributed by atoms with E-state index in [0.29, 0.717) is 6.54 Å². The van der Waals surface area contributed by atoms with Crippen molar-refractivity contribution in [3.63, 3.8) is 0 Å². The van der Waals surface area contributed by atoms with Crippen molar-refractivity contribution in [2.75, 3.05) is 39.8 Å². The van der Waals surface area contributed by atoms with Gasteiger partial charge in [0.1, 0.15) is 5.75 Å². The summed E-state index contributed by atoms with van der Waals surface area (Å²) in [5.41, 5.74) is 2.38. The van der Waals surface area contributed by atoms with Crippen molar-refractivity contribution in [2.45, 2.75) is 45.6 Å². The SMILES string of the molecule is CCNC(=NCC(c1ccccc1OC)N1CCCC1)NCCc1csc(CC)n1. The molecular formula is C23H35N5OS. The summed E-state index contributed by atoms with van der Waals surface area (Å²) in [5, 5.41) is 10.2. The van der Waals surface area contributed by atoms with Gasteiger partial charge < -0.3 is 15.4 Å². The Morgan fingerprint density at radius 1 is 1.23 bits per heavy atom. The predicted molar refractivity (Wildman–Crippen MR) is 126 cm³/mol. The second-order valence-electron chi connectivity index (χ2n) is 7.48. The quantitative estimate of drug-likeness (QED) is 0.446. The molecule has 164 valence electrons. The van der Waals surface area contributed by atoms with Crippen molar-refractivity contribution in [3.05, 3.63) is 45.9 Å². The van der Waals surface area contributed by atoms with Crippen LogP contribution in [0.1, 0.15) is 49.0 Å². The Morgan fingerprint density at radius 2 is 2.03 bits per heavy atom. The lowest BCUT2D eigenvalue weighted by molar-refractivity contribution is 0.245. The largest absolute Gasteiger partial charge is 0.496 e. The van der Waals surface area contributed by atoms with Gasteiger partial charge in [-0.2, -0.15) is 0 Å². The van der Waals surface area contributed by atoms with Crippen molar-refractivity contribution in [1.29, 1.82) is 0 Å². The number of aliphatic imine (C=N–C) groups is 1. The van der Waals surface area contributed by atoms with Gasteiger partial charge in [-0.15, -0.1) is 11.3 Å². The molecule has 1 aromatic carbocycles. The molecule has 2 N–H and O–H groups in total. The van der Waals surface area contributed by atoms with Gasteiger partial charge in [0, 0.05) is 30.5 Å². The van der Waals surface area contributed by atoms with Crippen LogP contribution in [-0.2, 0) is 12.8 Å². The van der Waals surface area contributed by atoms with E-state index in [1.54, 1.807) is 18.4 Å². The smallest absolute Gasteiger partial charge is 0.191 e. The number of rotatable bonds is 10. The van der Waals surface area contributed by atoms with E-state index in [1.807, 2.05) is 12.1 Å². The number of methoxy groups -OCH3 is 1. The molecule has 1 aliphatic rings. The van der Waals surface area contributed by atoms with Crippen LogP contribution in [0.15, 0.2) is 34.6 Å². The van der Waals surface area contributed by atoms with Crippen molar-refractivity contribution in [1.82, 2.24) is 20.5 Å². The number of aryl methyl sites for hydroxylation is 1. The minimum Gasteiger partial charge on any atom is -0.496 e. The van der Waals surface area contributed by atoms with Crippen LogP contribution >= 0.6 is 11.3 Å². The molecule has 1 aliphatic heterocycles. The number of guanidine groups is 1. The maximum Gasteiger partial charge on any atom is 0.191 e. The zero-order chi connectivity index (χ0) is 21.2. The van der Waals surface area contributed by atoms with E-state index in [9.17, 15) is 0 Å². The minimum absolute atomic E-state index is 0.227. The van der Waals surface area contributed by atoms with Gasteiger partial charge in [0.05, 0.1) is 30.4 Å². The lowest BCUT2D eigenvalue weighted by atomic mass is 10.0. The first-order valence-electron chi connectivity index (χ1n) is 11.1. The number of para-hydroxylation sites is 1. The zero-order valence-corrected chi connectivity index (χ0v) is 19.3. The van der Waals surface area contributed by atoms with E-state index in [1.165, 1.54) is 23.4 Å². The summed E-state index contributed by atoms with van der Waals surface area (Å²) in [6, 6.07) is 8.56. The predicted octanol–water partition coefficient (Wildman–Crippen LogP) is 3.65. The number of likely N-dealkylation sites (tertiary alicyclic amines) is 1. The molecule has 1 unspecified atom stereocenters. The average Bonchev–Trinajstić information content (AvgIpc) is 3.46. The summed E-state index contributed by atoms with van der Waals surface area (Å²) in [6.07, 6.45) is 4.41. The van der Waals surface area contributed by atoms with Crippen LogP contribution in [0.4, 0.5) is 0 Å². The molecule has 1 saturated heterocycles. The van der Waals surface area contributed by atoms with Gasteiger partial charge in [-0.25, -0.2) is 4.98 Å². The molecule has 1 fully saturated rings. The molecule has 1 aromatic heterocycles. The highest BCUT2D eigenvalue weighted by atomic mass is 32.1. The lowest BCUT2D eigenvalue weighted by Gasteiger charge is -2.28. The van der Waals surface area contributed by atoms with Gasteiger partial charge in [-0.05, 0) is 45.3 Å². The number of benzene rings is 1. The summed E-state index contributed by atoms with van der Waals surface area (Å²) < 4.78 is 5.65. The molecule has 2 heterocycles. The topological polar surface area (TPSA) is 61.8 Å². The maximum absolute atomic E-state index is 5.65. The third kappa shape index (κ3) is 6.19. The van der Waals surface area contributed by atoms with E-state index in [4.69, 9.17) is 9.73 Å². The molecule has 0 aliphatic carbocycles. The highest BCUT2D eigenvalue weighted by Crippen LogP contribution is 2.31. The molecule has 1 atom stereocenters. The second kappa shape index (κ2) is 11.9. The average molecular weight is 430 g/mol. The third-order valence-corrected chi connectivity index (χ3v) is 6.46. The Balaban J connectivity index is 1.67. The normalized spacial score (nSPS) is 15.9. The standard InChI is InChI=1S/C23H35N5OS/c1-4-22-27-18(17-30-22)12-13-25-23(24-5-2)26-16-20(28-14-8-9-15-28)19-10-6-7-11-21(19)29-3/h6-7,10-11,17,20H,4-5,8-9,12-16H2,1-3H3,(H2,24,25,26). The minimum atomic E-state index is 0.227. The molecule has 0 spiro atoms. The van der Waals surface area contributed by atoms with E-state index in [0.717, 1.165) is 56.4 Å². The van der Waals surface area contributed by atoms with Gasteiger partial charge in [0.15, 0.2) is 5.96 Å². The maximum atomic E-state index is 5.65. The van der Waals surface area contributed by atoms with Crippen LogP contribution in [0.2, 0.25) is 0 Å². The Bertz CT molecular complexity index is 800. The second-order valence-corrected chi connectivity index (χ2v) is 8.43. The molecule has 30 heavy (non-hydrogen) atoms. The van der Waals surface area contributed by atoms with Crippen LogP contribution in [-0.4, -0.2) is 55.7 Å². The van der Waals surface area contributed by atoms with Gasteiger partial charge >= 0.3 is 0 Å². The molecule has 6 nitrogen and oxygen atoms in total. The molecule has 2 aromatic rings. The highest BCUT2D eigenvalue weighted by Gasteiger charge is 2.25. The number of nitrogens with one attached hydrogen (secondary N) is 2. The lowest BCUT2D eigenvalue weighted by Crippen LogP contribution is -2.39. The summed E-state index contributed by atoms with van der Waals surface area (Å²) in [7, 11) is 1.75. The van der Waals surface area contributed by atoms with Gasteiger partial charge in [0.2, 0.25) is 0 Å². The molecule has 0 saturated carbocycles. The fourth-order valence-corrected chi connectivity index (χ4v) is 4.64. The summed E-state index contributed by atoms with van der Waals surface area (Å²) in [4.78, 5) is 12.1. The monoisotopic (exact) mass is 429 g/mol. The van der Waals surface area contributed by atoms with Crippen LogP contribution in [0.3, 0.4) is 0 Å². The van der Waals surface area contributed by atoms with Crippen LogP contribution in [0.5, 0.6) is 5.75 Å². The fourth-order valence-electron chi connectivity index (χ4n) is 3.86. The number of ether oxygens (including phenoxy) is 1. The molecule has 0 radical (unpaired) electrons. The first-order valence-corrected chi connectivity index (χ1v) is 12.0. The van der Waals surface area contributed by atoms with Crippen molar-refractivity contribution in [3.8, 4) is 5.75 Å². The van der Waals surface area contributed by atoms with Gasteiger partial charge in [-0.3, -0.25) is 9.89 Å². The number of thiazole rings is 1. The fraction of sp³-hybridized carbons (Fsp3) is 0.565. The van der Waals surface area contributed by atoms with Gasteiger partial charge in [-0.1, -0.05) is 25.1 Å². The van der Waals surface area contributed by atoms with E-state index in [2.05, 4.69) is 51.9 Å². The summed E-state index contributed by atoms with van der Waals surface area (Å²) in [6.45, 7) is 8.84. The van der Waals surface area contributed by atoms with Crippen LogP contribution in [0, 0.1) is 0 Å². The number of hydrogen-bond acceptors (Lipinski definition) is 5. The third-order valence-electron chi connectivity index (χ3n) is 5.42. The Hall–Kier alpha value is -2.12. The summed E-state index contributed by atoms with van der Waals surface area (Å²) in [5.74, 6) is 1.81. The van der Waals surface area contributed by atoms with Crippen molar-refractivity contribution >= 4 is 17.3 Å². The van der Waals surface area contributed by atoms with E-state index in [-0.39, 0.29) is 6.04 Å². The number of nitrogens with zero attached hydrogens (tertiary/aromatic N) is 3. The molecule has 7 heteroatoms. The highest BCUT2D eigenvalue weighted by molar-refractivity contribution is 7.09. The number of hydrogen-bond donors (Lipinski definition) is 2. The summed E-state index contributed by atoms with van der Waals surface area (Å²) >= 11 is 1.75.